The van der Waals surface area contributed by atoms with Crippen LogP contribution >= 0.6 is 31.9 Å². The van der Waals surface area contributed by atoms with E-state index in [-0.39, 0.29) is 4.90 Å². The molecule has 0 aliphatic rings. The Morgan fingerprint density at radius 2 is 2.00 bits per heavy atom. The molecule has 0 spiro atoms. The lowest BCUT2D eigenvalue weighted by molar-refractivity contribution is -0.142. The van der Waals surface area contributed by atoms with Gasteiger partial charge in [-0.25, -0.2) is 8.42 Å². The van der Waals surface area contributed by atoms with Crippen molar-refractivity contribution in [3.8, 4) is 0 Å². The molecule has 1 atom stereocenters. The molecule has 0 aliphatic heterocycles. The van der Waals surface area contributed by atoms with Crippen LogP contribution in [0.15, 0.2) is 32.0 Å². The number of halogens is 2. The standard InChI is InChI=1S/C10H11Br2NO4S/c1-6(10(14)17-2)13-18(15,16)9-4-3-7(11)5-8(9)12/h3-6,13H,1-2H3/t6-/m0/s1. The van der Waals surface area contributed by atoms with Crippen LogP contribution in [0.25, 0.3) is 0 Å². The molecule has 0 heterocycles. The summed E-state index contributed by atoms with van der Waals surface area (Å²) in [6, 6.07) is 3.69. The third-order valence-electron chi connectivity index (χ3n) is 2.07. The molecular weight excluding hydrogens is 390 g/mol. The SMILES string of the molecule is COC(=O)[C@H](C)NS(=O)(=O)c1ccc(Br)cc1Br. The number of carbonyl (C=O) groups excluding carboxylic acids is 1. The zero-order chi connectivity index (χ0) is 13.9. The first-order valence-electron chi connectivity index (χ1n) is 4.83. The Bertz CT molecular complexity index is 559. The van der Waals surface area contributed by atoms with Crippen LogP contribution in [-0.2, 0) is 19.6 Å². The molecule has 18 heavy (non-hydrogen) atoms. The van der Waals surface area contributed by atoms with Crippen LogP contribution < -0.4 is 4.72 Å². The predicted octanol–water partition coefficient (Wildman–Crippen LogP) is 2.05. The molecule has 5 nitrogen and oxygen atoms in total. The van der Waals surface area contributed by atoms with Crippen molar-refractivity contribution in [2.45, 2.75) is 17.9 Å². The molecule has 0 bridgehead atoms. The van der Waals surface area contributed by atoms with Gasteiger partial charge in [0.25, 0.3) is 0 Å². The zero-order valence-corrected chi connectivity index (χ0v) is 13.6. The monoisotopic (exact) mass is 399 g/mol. The smallest absolute Gasteiger partial charge is 0.323 e. The molecule has 0 amide bonds. The van der Waals surface area contributed by atoms with Crippen molar-refractivity contribution < 1.29 is 17.9 Å². The summed E-state index contributed by atoms with van der Waals surface area (Å²) in [5.41, 5.74) is 0. The molecule has 1 aromatic rings. The molecule has 0 radical (unpaired) electrons. The maximum absolute atomic E-state index is 12.0. The van der Waals surface area contributed by atoms with Crippen LogP contribution in [0.2, 0.25) is 0 Å². The minimum atomic E-state index is -3.78. The number of hydrogen-bond donors (Lipinski definition) is 1. The summed E-state index contributed by atoms with van der Waals surface area (Å²) in [5.74, 6) is -0.646. The average molecular weight is 401 g/mol. The van der Waals surface area contributed by atoms with E-state index in [2.05, 4.69) is 41.3 Å². The lowest BCUT2D eigenvalue weighted by Gasteiger charge is -2.13. The van der Waals surface area contributed by atoms with Gasteiger partial charge in [-0.3, -0.25) is 4.79 Å². The summed E-state index contributed by atoms with van der Waals surface area (Å²) in [7, 11) is -2.58. The Labute approximate surface area is 122 Å². The topological polar surface area (TPSA) is 72.5 Å². The molecule has 1 rings (SSSR count). The third-order valence-corrected chi connectivity index (χ3v) is 5.08. The summed E-state index contributed by atoms with van der Waals surface area (Å²) in [6.07, 6.45) is 0. The summed E-state index contributed by atoms with van der Waals surface area (Å²) in [4.78, 5) is 11.2. The van der Waals surface area contributed by atoms with Gasteiger partial charge in [0.1, 0.15) is 6.04 Å². The minimum absolute atomic E-state index is 0.0569. The highest BCUT2D eigenvalue weighted by atomic mass is 79.9. The van der Waals surface area contributed by atoms with E-state index in [0.29, 0.717) is 4.47 Å². The number of ether oxygens (including phenoxy) is 1. The van der Waals surface area contributed by atoms with Gasteiger partial charge in [0, 0.05) is 8.95 Å². The van der Waals surface area contributed by atoms with Gasteiger partial charge in [0.05, 0.1) is 12.0 Å². The number of methoxy groups -OCH3 is 1. The maximum atomic E-state index is 12.0. The molecule has 0 aromatic heterocycles. The lowest BCUT2D eigenvalue weighted by atomic mass is 10.4. The highest BCUT2D eigenvalue weighted by Crippen LogP contribution is 2.25. The highest BCUT2D eigenvalue weighted by Gasteiger charge is 2.24. The van der Waals surface area contributed by atoms with Crippen LogP contribution in [0.5, 0.6) is 0 Å². The van der Waals surface area contributed by atoms with Crippen molar-refractivity contribution in [1.29, 1.82) is 0 Å². The number of nitrogens with one attached hydrogen (secondary N) is 1. The lowest BCUT2D eigenvalue weighted by Crippen LogP contribution is -2.39. The fourth-order valence-corrected chi connectivity index (χ4v) is 4.15. The van der Waals surface area contributed by atoms with Crippen molar-refractivity contribution in [3.05, 3.63) is 27.1 Å². The fraction of sp³-hybridized carbons (Fsp3) is 0.300. The summed E-state index contributed by atoms with van der Waals surface area (Å²) >= 11 is 6.39. The van der Waals surface area contributed by atoms with Crippen LogP contribution in [0.1, 0.15) is 6.92 Å². The largest absolute Gasteiger partial charge is 0.468 e. The van der Waals surface area contributed by atoms with E-state index in [1.54, 1.807) is 12.1 Å². The Morgan fingerprint density at radius 3 is 2.50 bits per heavy atom. The van der Waals surface area contributed by atoms with E-state index in [1.165, 1.54) is 20.1 Å². The number of rotatable bonds is 4. The molecule has 100 valence electrons. The van der Waals surface area contributed by atoms with Gasteiger partial charge < -0.3 is 4.74 Å². The van der Waals surface area contributed by atoms with Crippen molar-refractivity contribution in [1.82, 2.24) is 4.72 Å². The maximum Gasteiger partial charge on any atom is 0.323 e. The zero-order valence-electron chi connectivity index (χ0n) is 9.61. The van der Waals surface area contributed by atoms with Crippen LogP contribution in [0.3, 0.4) is 0 Å². The van der Waals surface area contributed by atoms with E-state index in [9.17, 15) is 13.2 Å². The number of hydrogen-bond acceptors (Lipinski definition) is 4. The first-order chi connectivity index (χ1) is 8.27. The van der Waals surface area contributed by atoms with E-state index in [4.69, 9.17) is 0 Å². The van der Waals surface area contributed by atoms with Crippen LogP contribution in [0.4, 0.5) is 0 Å². The van der Waals surface area contributed by atoms with Crippen molar-refractivity contribution in [2.75, 3.05) is 7.11 Å². The molecule has 0 unspecified atom stereocenters. The van der Waals surface area contributed by atoms with Gasteiger partial charge in [-0.05, 0) is 41.1 Å². The second kappa shape index (κ2) is 6.14. The number of esters is 1. The second-order valence-corrected chi connectivity index (χ2v) is 6.89. The van der Waals surface area contributed by atoms with Crippen molar-refractivity contribution in [3.63, 3.8) is 0 Å². The van der Waals surface area contributed by atoms with Crippen LogP contribution in [0, 0.1) is 0 Å². The van der Waals surface area contributed by atoms with Crippen molar-refractivity contribution >= 4 is 47.9 Å². The summed E-state index contributed by atoms with van der Waals surface area (Å²) < 4.78 is 31.9. The molecule has 0 fully saturated rings. The number of carbonyl (C=O) groups is 1. The van der Waals surface area contributed by atoms with E-state index >= 15 is 0 Å². The molecule has 1 N–H and O–H groups in total. The molecule has 0 saturated heterocycles. The Balaban J connectivity index is 3.04. The van der Waals surface area contributed by atoms with E-state index in [1.807, 2.05) is 0 Å². The Morgan fingerprint density at radius 1 is 1.39 bits per heavy atom. The van der Waals surface area contributed by atoms with E-state index < -0.39 is 22.0 Å². The van der Waals surface area contributed by atoms with Gasteiger partial charge in [0.15, 0.2) is 0 Å². The fourth-order valence-electron chi connectivity index (χ4n) is 1.21. The first-order valence-corrected chi connectivity index (χ1v) is 7.90. The number of benzene rings is 1. The van der Waals surface area contributed by atoms with Gasteiger partial charge in [-0.2, -0.15) is 4.72 Å². The molecule has 1 aromatic carbocycles. The van der Waals surface area contributed by atoms with Gasteiger partial charge in [-0.15, -0.1) is 0 Å². The summed E-state index contributed by atoms with van der Waals surface area (Å²) in [6.45, 7) is 1.41. The predicted molar refractivity (Wildman–Crippen MR) is 73.6 cm³/mol. The molecular formula is C10H11Br2NO4S. The van der Waals surface area contributed by atoms with Gasteiger partial charge >= 0.3 is 5.97 Å². The normalized spacial score (nSPS) is 13.1. The third kappa shape index (κ3) is 3.78. The quantitative estimate of drug-likeness (QED) is 0.785. The van der Waals surface area contributed by atoms with Crippen molar-refractivity contribution in [2.24, 2.45) is 0 Å². The van der Waals surface area contributed by atoms with Crippen LogP contribution in [-0.4, -0.2) is 27.5 Å². The minimum Gasteiger partial charge on any atom is -0.468 e. The Hall–Kier alpha value is -0.440. The highest BCUT2D eigenvalue weighted by molar-refractivity contribution is 9.11. The second-order valence-electron chi connectivity index (χ2n) is 3.44. The molecule has 0 saturated carbocycles. The number of sulfonamides is 1. The first kappa shape index (κ1) is 15.6. The molecule has 8 heteroatoms. The van der Waals surface area contributed by atoms with Gasteiger partial charge in [-0.1, -0.05) is 15.9 Å². The van der Waals surface area contributed by atoms with E-state index in [0.717, 1.165) is 4.47 Å². The summed E-state index contributed by atoms with van der Waals surface area (Å²) in [5, 5.41) is 0. The molecule has 0 aliphatic carbocycles. The van der Waals surface area contributed by atoms with Gasteiger partial charge in [0.2, 0.25) is 10.0 Å². The Kier molecular flexibility index (Phi) is 5.32. The average Bonchev–Trinajstić information content (AvgIpc) is 2.26.